The molecule has 2 fully saturated rings. The van der Waals surface area contributed by atoms with Gasteiger partial charge in [-0.1, -0.05) is 6.42 Å². The maximum absolute atomic E-state index is 10.1. The maximum atomic E-state index is 10.1. The summed E-state index contributed by atoms with van der Waals surface area (Å²) in [5.74, 6) is 3.10. The summed E-state index contributed by atoms with van der Waals surface area (Å²) in [7, 11) is 0. The number of hydrogen-bond donors (Lipinski definition) is 0. The fourth-order valence-electron chi connectivity index (χ4n) is 3.19. The Bertz CT molecular complexity index is 164. The van der Waals surface area contributed by atoms with Gasteiger partial charge in [0.1, 0.15) is 6.29 Å². The second-order valence-electron chi connectivity index (χ2n) is 4.53. The lowest BCUT2D eigenvalue weighted by molar-refractivity contribution is -0.108. The van der Waals surface area contributed by atoms with E-state index in [1.54, 1.807) is 0 Å². The van der Waals surface area contributed by atoms with Crippen LogP contribution in [0, 0.1) is 17.8 Å². The van der Waals surface area contributed by atoms with Crippen molar-refractivity contribution >= 4 is 6.29 Å². The van der Waals surface area contributed by atoms with Crippen LogP contribution >= 0.6 is 0 Å². The van der Waals surface area contributed by atoms with Crippen LogP contribution in [0.2, 0.25) is 0 Å². The van der Waals surface area contributed by atoms with E-state index in [-0.39, 0.29) is 0 Å². The molecule has 0 N–H and O–H groups in total. The lowest BCUT2D eigenvalue weighted by Crippen LogP contribution is -2.09. The van der Waals surface area contributed by atoms with Crippen molar-refractivity contribution in [3.8, 4) is 0 Å². The van der Waals surface area contributed by atoms with Gasteiger partial charge in [-0.15, -0.1) is 0 Å². The molecule has 3 unspecified atom stereocenters. The van der Waals surface area contributed by atoms with Gasteiger partial charge in [-0.25, -0.2) is 0 Å². The second kappa shape index (κ2) is 3.59. The smallest absolute Gasteiger partial charge is 0.119 e. The molecule has 2 aliphatic rings. The molecular weight excluding hydrogens is 148 g/mol. The third kappa shape index (κ3) is 1.55. The highest BCUT2D eigenvalue weighted by molar-refractivity contribution is 5.48. The van der Waals surface area contributed by atoms with Crippen molar-refractivity contribution in [2.24, 2.45) is 17.8 Å². The number of hydrogen-bond acceptors (Lipinski definition) is 1. The number of unbranched alkanes of at least 4 members (excludes halogenated alkanes) is 1. The average molecular weight is 166 g/mol. The number of rotatable bonds is 4. The highest BCUT2D eigenvalue weighted by Crippen LogP contribution is 2.49. The maximum Gasteiger partial charge on any atom is 0.119 e. The molecule has 0 spiro atoms. The zero-order chi connectivity index (χ0) is 8.39. The van der Waals surface area contributed by atoms with E-state index in [2.05, 4.69) is 0 Å². The molecule has 12 heavy (non-hydrogen) atoms. The summed E-state index contributed by atoms with van der Waals surface area (Å²) in [5.41, 5.74) is 0. The Balaban J connectivity index is 1.72. The molecule has 1 heteroatoms. The molecule has 0 amide bonds. The van der Waals surface area contributed by atoms with Gasteiger partial charge in [-0.05, 0) is 49.9 Å². The van der Waals surface area contributed by atoms with Gasteiger partial charge in [0.05, 0.1) is 0 Å². The molecule has 0 radical (unpaired) electrons. The van der Waals surface area contributed by atoms with E-state index in [9.17, 15) is 4.79 Å². The first-order valence-electron chi connectivity index (χ1n) is 5.34. The van der Waals surface area contributed by atoms with Crippen molar-refractivity contribution in [2.45, 2.75) is 44.9 Å². The van der Waals surface area contributed by atoms with Crippen molar-refractivity contribution in [3.63, 3.8) is 0 Å². The fraction of sp³-hybridized carbons (Fsp3) is 0.909. The van der Waals surface area contributed by atoms with Gasteiger partial charge in [-0.3, -0.25) is 0 Å². The summed E-state index contributed by atoms with van der Waals surface area (Å²) >= 11 is 0. The van der Waals surface area contributed by atoms with Crippen LogP contribution in [0.25, 0.3) is 0 Å². The fourth-order valence-corrected chi connectivity index (χ4v) is 3.19. The number of fused-ring (bicyclic) bond motifs is 2. The second-order valence-corrected chi connectivity index (χ2v) is 4.53. The number of carbonyl (C=O) groups is 1. The van der Waals surface area contributed by atoms with Crippen molar-refractivity contribution in [1.29, 1.82) is 0 Å². The highest BCUT2D eigenvalue weighted by Gasteiger charge is 2.38. The van der Waals surface area contributed by atoms with E-state index in [1.807, 2.05) is 0 Å². The SMILES string of the molecule is O=CCCCC1CC2CCC1C2. The Kier molecular flexibility index (Phi) is 2.48. The number of carbonyl (C=O) groups excluding carboxylic acids is 1. The normalized spacial score (nSPS) is 38.8. The van der Waals surface area contributed by atoms with Crippen LogP contribution in [0.3, 0.4) is 0 Å². The predicted octanol–water partition coefficient (Wildman–Crippen LogP) is 2.79. The van der Waals surface area contributed by atoms with E-state index in [4.69, 9.17) is 0 Å². The van der Waals surface area contributed by atoms with E-state index in [1.165, 1.54) is 32.1 Å². The minimum absolute atomic E-state index is 0.786. The molecular formula is C11H18O. The summed E-state index contributed by atoms with van der Waals surface area (Å²) in [4.78, 5) is 10.1. The van der Waals surface area contributed by atoms with Gasteiger partial charge >= 0.3 is 0 Å². The van der Waals surface area contributed by atoms with Crippen molar-refractivity contribution < 1.29 is 4.79 Å². The van der Waals surface area contributed by atoms with Crippen LogP contribution in [0.4, 0.5) is 0 Å². The molecule has 0 heterocycles. The molecule has 2 rings (SSSR count). The summed E-state index contributed by atoms with van der Waals surface area (Å²) in [6.45, 7) is 0. The average Bonchev–Trinajstić information content (AvgIpc) is 2.65. The van der Waals surface area contributed by atoms with Crippen molar-refractivity contribution in [1.82, 2.24) is 0 Å². The zero-order valence-corrected chi connectivity index (χ0v) is 7.67. The van der Waals surface area contributed by atoms with Crippen LogP contribution in [0.15, 0.2) is 0 Å². The minimum Gasteiger partial charge on any atom is -0.303 e. The van der Waals surface area contributed by atoms with Crippen LogP contribution in [-0.2, 0) is 4.79 Å². The Morgan fingerprint density at radius 3 is 2.75 bits per heavy atom. The molecule has 2 aliphatic carbocycles. The first-order valence-corrected chi connectivity index (χ1v) is 5.34. The molecule has 68 valence electrons. The predicted molar refractivity (Wildman–Crippen MR) is 48.9 cm³/mol. The molecule has 0 aromatic heterocycles. The van der Waals surface area contributed by atoms with E-state index < -0.39 is 0 Å². The summed E-state index contributed by atoms with van der Waals surface area (Å²) in [6, 6.07) is 0. The minimum atomic E-state index is 0.786. The molecule has 0 aliphatic heterocycles. The summed E-state index contributed by atoms with van der Waals surface area (Å²) < 4.78 is 0. The van der Waals surface area contributed by atoms with Gasteiger partial charge in [-0.2, -0.15) is 0 Å². The van der Waals surface area contributed by atoms with Crippen molar-refractivity contribution in [3.05, 3.63) is 0 Å². The third-order valence-corrected chi connectivity index (χ3v) is 3.78. The van der Waals surface area contributed by atoms with Crippen LogP contribution < -0.4 is 0 Å². The molecule has 0 aromatic rings. The van der Waals surface area contributed by atoms with E-state index in [0.29, 0.717) is 0 Å². The molecule has 0 saturated heterocycles. The highest BCUT2D eigenvalue weighted by atomic mass is 16.1. The summed E-state index contributed by atoms with van der Waals surface area (Å²) in [5, 5.41) is 0. The van der Waals surface area contributed by atoms with Crippen molar-refractivity contribution in [2.75, 3.05) is 0 Å². The molecule has 3 atom stereocenters. The van der Waals surface area contributed by atoms with Gasteiger partial charge < -0.3 is 4.79 Å². The summed E-state index contributed by atoms with van der Waals surface area (Å²) in [6.07, 6.45) is 10.3. The van der Waals surface area contributed by atoms with Gasteiger partial charge in [0.15, 0.2) is 0 Å². The van der Waals surface area contributed by atoms with Crippen LogP contribution in [0.5, 0.6) is 0 Å². The van der Waals surface area contributed by atoms with E-state index >= 15 is 0 Å². The van der Waals surface area contributed by atoms with Gasteiger partial charge in [0.25, 0.3) is 0 Å². The third-order valence-electron chi connectivity index (χ3n) is 3.78. The Hall–Kier alpha value is -0.330. The van der Waals surface area contributed by atoms with Crippen LogP contribution in [-0.4, -0.2) is 6.29 Å². The Labute approximate surface area is 74.5 Å². The quantitative estimate of drug-likeness (QED) is 0.463. The first kappa shape index (κ1) is 8.28. The lowest BCUT2D eigenvalue weighted by Gasteiger charge is -2.20. The van der Waals surface area contributed by atoms with Crippen LogP contribution in [0.1, 0.15) is 44.9 Å². The molecule has 1 nitrogen and oxygen atoms in total. The molecule has 2 bridgehead atoms. The largest absolute Gasteiger partial charge is 0.303 e. The zero-order valence-electron chi connectivity index (χ0n) is 7.67. The molecule has 2 saturated carbocycles. The van der Waals surface area contributed by atoms with Gasteiger partial charge in [0.2, 0.25) is 0 Å². The lowest BCUT2D eigenvalue weighted by atomic mass is 9.85. The Morgan fingerprint density at radius 2 is 2.17 bits per heavy atom. The first-order chi connectivity index (χ1) is 5.90. The number of aldehydes is 1. The Morgan fingerprint density at radius 1 is 1.25 bits per heavy atom. The van der Waals surface area contributed by atoms with Gasteiger partial charge in [0, 0.05) is 6.42 Å². The monoisotopic (exact) mass is 166 g/mol. The standard InChI is InChI=1S/C11H18O/c12-6-2-1-3-10-7-9-4-5-11(10)8-9/h6,9-11H,1-5,7-8H2. The molecule has 0 aromatic carbocycles. The van der Waals surface area contributed by atoms with E-state index in [0.717, 1.165) is 36.9 Å². The topological polar surface area (TPSA) is 17.1 Å².